The summed E-state index contributed by atoms with van der Waals surface area (Å²) in [4.78, 5) is 4.54. The fourth-order valence-corrected chi connectivity index (χ4v) is 3.96. The molecule has 0 bridgehead atoms. The lowest BCUT2D eigenvalue weighted by Gasteiger charge is -2.13. The van der Waals surface area contributed by atoms with Gasteiger partial charge in [-0.25, -0.2) is 13.4 Å². The number of para-hydroxylation sites is 1. The second-order valence-electron chi connectivity index (χ2n) is 6.03. The highest BCUT2D eigenvalue weighted by molar-refractivity contribution is 7.92. The van der Waals surface area contributed by atoms with Crippen LogP contribution in [0.3, 0.4) is 0 Å². The Hall–Kier alpha value is -2.60. The lowest BCUT2D eigenvalue weighted by molar-refractivity contribution is 0.495. The van der Waals surface area contributed by atoms with Crippen molar-refractivity contribution >= 4 is 15.7 Å². The highest BCUT2D eigenvalue weighted by Gasteiger charge is 2.17. The Morgan fingerprint density at radius 3 is 2.04 bits per heavy atom. The van der Waals surface area contributed by atoms with Crippen LogP contribution in [-0.2, 0) is 10.0 Å². The number of nitrogens with one attached hydrogen (secondary N) is 1. The SMILES string of the molecule is Cc1nc(-c2ccc(S(=O)(=O)Nc3c(C)cccc3C)cc2)c(C)o1. The standard InChI is InChI=1S/C19H20N2O3S/c1-12-6-5-7-13(2)18(12)21-25(22,23)17-10-8-16(9-11-17)19-14(3)24-15(4)20-19/h5-11,21H,1-4H3. The van der Waals surface area contributed by atoms with E-state index in [1.807, 2.05) is 39.0 Å². The molecule has 1 N–H and O–H groups in total. The summed E-state index contributed by atoms with van der Waals surface area (Å²) < 4.78 is 33.5. The van der Waals surface area contributed by atoms with Crippen LogP contribution in [0.4, 0.5) is 5.69 Å². The van der Waals surface area contributed by atoms with E-state index in [-0.39, 0.29) is 4.90 Å². The van der Waals surface area contributed by atoms with E-state index in [0.717, 1.165) is 22.4 Å². The van der Waals surface area contributed by atoms with Crippen molar-refractivity contribution in [2.24, 2.45) is 0 Å². The van der Waals surface area contributed by atoms with E-state index >= 15 is 0 Å². The smallest absolute Gasteiger partial charge is 0.261 e. The molecule has 0 aliphatic heterocycles. The molecule has 3 rings (SSSR count). The molecule has 0 amide bonds. The molecule has 6 heteroatoms. The van der Waals surface area contributed by atoms with Crippen molar-refractivity contribution in [3.05, 3.63) is 65.2 Å². The highest BCUT2D eigenvalue weighted by atomic mass is 32.2. The zero-order valence-electron chi connectivity index (χ0n) is 14.6. The summed E-state index contributed by atoms with van der Waals surface area (Å²) in [6.07, 6.45) is 0. The van der Waals surface area contributed by atoms with E-state index in [2.05, 4.69) is 9.71 Å². The van der Waals surface area contributed by atoms with E-state index in [1.165, 1.54) is 0 Å². The van der Waals surface area contributed by atoms with Crippen LogP contribution in [0.1, 0.15) is 22.8 Å². The van der Waals surface area contributed by atoms with Gasteiger partial charge in [-0.3, -0.25) is 4.72 Å². The summed E-state index contributed by atoms with van der Waals surface area (Å²) in [6.45, 7) is 7.37. The molecule has 2 aromatic carbocycles. The molecule has 3 aromatic rings. The van der Waals surface area contributed by atoms with E-state index in [1.54, 1.807) is 31.2 Å². The average molecular weight is 356 g/mol. The molecular weight excluding hydrogens is 336 g/mol. The first kappa shape index (κ1) is 17.2. The molecule has 25 heavy (non-hydrogen) atoms. The Bertz CT molecular complexity index is 999. The van der Waals surface area contributed by atoms with Crippen molar-refractivity contribution in [2.45, 2.75) is 32.6 Å². The summed E-state index contributed by atoms with van der Waals surface area (Å²) in [5, 5.41) is 0. The van der Waals surface area contributed by atoms with Crippen LogP contribution in [0.15, 0.2) is 51.8 Å². The molecule has 0 spiro atoms. The first-order valence-corrected chi connectivity index (χ1v) is 9.40. The van der Waals surface area contributed by atoms with Crippen LogP contribution in [0.5, 0.6) is 0 Å². The Labute approximate surface area is 147 Å². The van der Waals surface area contributed by atoms with Crippen molar-refractivity contribution in [3.63, 3.8) is 0 Å². The van der Waals surface area contributed by atoms with Crippen LogP contribution in [-0.4, -0.2) is 13.4 Å². The zero-order valence-corrected chi connectivity index (χ0v) is 15.4. The first-order valence-electron chi connectivity index (χ1n) is 7.91. The van der Waals surface area contributed by atoms with Gasteiger partial charge in [-0.2, -0.15) is 0 Å². The molecule has 0 aliphatic rings. The number of rotatable bonds is 4. The maximum Gasteiger partial charge on any atom is 0.261 e. The average Bonchev–Trinajstić information content (AvgIpc) is 2.90. The number of anilines is 1. The number of aromatic nitrogens is 1. The summed E-state index contributed by atoms with van der Waals surface area (Å²) in [5.74, 6) is 1.29. The van der Waals surface area contributed by atoms with E-state index < -0.39 is 10.0 Å². The Balaban J connectivity index is 1.92. The molecule has 0 radical (unpaired) electrons. The molecular formula is C19H20N2O3S. The van der Waals surface area contributed by atoms with Gasteiger partial charge >= 0.3 is 0 Å². The van der Waals surface area contributed by atoms with Crippen molar-refractivity contribution < 1.29 is 12.8 Å². The monoisotopic (exact) mass is 356 g/mol. The second kappa shape index (κ2) is 6.37. The van der Waals surface area contributed by atoms with Gasteiger partial charge in [-0.05, 0) is 44.0 Å². The van der Waals surface area contributed by atoms with Gasteiger partial charge < -0.3 is 4.42 Å². The molecule has 0 saturated heterocycles. The van der Waals surface area contributed by atoms with Crippen LogP contribution in [0, 0.1) is 27.7 Å². The lowest BCUT2D eigenvalue weighted by Crippen LogP contribution is -2.14. The number of nitrogens with zero attached hydrogens (tertiary/aromatic N) is 1. The molecule has 0 unspecified atom stereocenters. The normalized spacial score (nSPS) is 11.5. The third-order valence-corrected chi connectivity index (χ3v) is 5.42. The van der Waals surface area contributed by atoms with Crippen LogP contribution in [0.25, 0.3) is 11.3 Å². The molecule has 1 heterocycles. The minimum Gasteiger partial charge on any atom is -0.446 e. The first-order chi connectivity index (χ1) is 11.8. The number of benzene rings is 2. The number of oxazole rings is 1. The predicted molar refractivity (Wildman–Crippen MR) is 98.1 cm³/mol. The van der Waals surface area contributed by atoms with E-state index in [0.29, 0.717) is 17.3 Å². The largest absolute Gasteiger partial charge is 0.446 e. The van der Waals surface area contributed by atoms with Gasteiger partial charge in [0.25, 0.3) is 10.0 Å². The molecule has 1 aromatic heterocycles. The Morgan fingerprint density at radius 1 is 0.920 bits per heavy atom. The van der Waals surface area contributed by atoms with E-state index in [9.17, 15) is 8.42 Å². The highest BCUT2D eigenvalue weighted by Crippen LogP contribution is 2.27. The third-order valence-electron chi connectivity index (χ3n) is 4.06. The quantitative estimate of drug-likeness (QED) is 0.753. The molecule has 0 fully saturated rings. The van der Waals surface area contributed by atoms with Crippen molar-refractivity contribution in [3.8, 4) is 11.3 Å². The van der Waals surface area contributed by atoms with Gasteiger partial charge in [0.05, 0.1) is 10.6 Å². The zero-order chi connectivity index (χ0) is 18.2. The molecule has 130 valence electrons. The fourth-order valence-electron chi connectivity index (χ4n) is 2.76. The fraction of sp³-hybridized carbons (Fsp3) is 0.211. The van der Waals surface area contributed by atoms with Gasteiger partial charge in [-0.1, -0.05) is 30.3 Å². The predicted octanol–water partition coefficient (Wildman–Crippen LogP) is 4.38. The molecule has 0 saturated carbocycles. The Kier molecular flexibility index (Phi) is 4.39. The lowest BCUT2D eigenvalue weighted by atomic mass is 10.1. The maximum absolute atomic E-state index is 12.7. The number of hydrogen-bond donors (Lipinski definition) is 1. The topological polar surface area (TPSA) is 72.2 Å². The molecule has 5 nitrogen and oxygen atoms in total. The van der Waals surface area contributed by atoms with Gasteiger partial charge in [0, 0.05) is 12.5 Å². The van der Waals surface area contributed by atoms with Gasteiger partial charge in [-0.15, -0.1) is 0 Å². The van der Waals surface area contributed by atoms with Crippen LogP contribution in [0.2, 0.25) is 0 Å². The second-order valence-corrected chi connectivity index (χ2v) is 7.72. The number of sulfonamides is 1. The van der Waals surface area contributed by atoms with Crippen molar-refractivity contribution in [1.29, 1.82) is 0 Å². The van der Waals surface area contributed by atoms with Crippen molar-refractivity contribution in [1.82, 2.24) is 4.98 Å². The van der Waals surface area contributed by atoms with Gasteiger partial charge in [0.1, 0.15) is 11.5 Å². The molecule has 0 atom stereocenters. The van der Waals surface area contributed by atoms with Crippen LogP contribution >= 0.6 is 0 Å². The van der Waals surface area contributed by atoms with Crippen molar-refractivity contribution in [2.75, 3.05) is 4.72 Å². The van der Waals surface area contributed by atoms with Crippen LogP contribution < -0.4 is 4.72 Å². The third kappa shape index (κ3) is 3.44. The molecule has 0 aliphatic carbocycles. The van der Waals surface area contributed by atoms with Gasteiger partial charge in [0.15, 0.2) is 5.89 Å². The number of hydrogen-bond acceptors (Lipinski definition) is 4. The van der Waals surface area contributed by atoms with E-state index in [4.69, 9.17) is 4.42 Å². The minimum absolute atomic E-state index is 0.205. The number of aryl methyl sites for hydroxylation is 4. The minimum atomic E-state index is -3.66. The summed E-state index contributed by atoms with van der Waals surface area (Å²) in [7, 11) is -3.66. The van der Waals surface area contributed by atoms with Gasteiger partial charge in [0.2, 0.25) is 0 Å². The maximum atomic E-state index is 12.7. The summed E-state index contributed by atoms with van der Waals surface area (Å²) >= 11 is 0. The summed E-state index contributed by atoms with van der Waals surface area (Å²) in [5.41, 5.74) is 3.93. The summed E-state index contributed by atoms with van der Waals surface area (Å²) in [6, 6.07) is 12.3. The Morgan fingerprint density at radius 2 is 1.52 bits per heavy atom.